The molecule has 1 aromatic rings. The first-order valence-corrected chi connectivity index (χ1v) is 12.1. The maximum atomic E-state index is 13.2. The van der Waals surface area contributed by atoms with Gasteiger partial charge in [0.1, 0.15) is 18.0 Å². The summed E-state index contributed by atoms with van der Waals surface area (Å²) in [5, 5.41) is 9.99. The molecule has 1 saturated heterocycles. The quantitative estimate of drug-likeness (QED) is 0.501. The second-order valence-corrected chi connectivity index (χ2v) is 10.4. The Morgan fingerprint density at radius 1 is 1.23 bits per heavy atom. The van der Waals surface area contributed by atoms with E-state index in [1.807, 2.05) is 0 Å². The van der Waals surface area contributed by atoms with Crippen LogP contribution in [0.15, 0.2) is 12.1 Å². The number of ether oxygens (including phenoxy) is 3. The van der Waals surface area contributed by atoms with E-state index >= 15 is 0 Å². The molecule has 0 radical (unpaired) electrons. The number of methoxy groups -OCH3 is 2. The number of carbonyl (C=O) groups excluding carboxylic acids is 2. The zero-order chi connectivity index (χ0) is 26.5. The van der Waals surface area contributed by atoms with Crippen LogP contribution in [0.25, 0.3) is 0 Å². The Balaban J connectivity index is 2.45. The average Bonchev–Trinajstić information content (AvgIpc) is 3.15. The summed E-state index contributed by atoms with van der Waals surface area (Å²) < 4.78 is 16.2. The van der Waals surface area contributed by atoms with Gasteiger partial charge in [-0.3, -0.25) is 9.59 Å². The van der Waals surface area contributed by atoms with Gasteiger partial charge in [0.25, 0.3) is 0 Å². The fraction of sp³-hybridized carbons (Fsp3) is 0.625. The van der Waals surface area contributed by atoms with Crippen molar-refractivity contribution in [1.29, 1.82) is 0 Å². The molecule has 1 N–H and O–H groups in total. The summed E-state index contributed by atoms with van der Waals surface area (Å²) in [6.45, 7) is 7.13. The van der Waals surface area contributed by atoms with E-state index < -0.39 is 29.7 Å². The topological polar surface area (TPSA) is 106 Å². The van der Waals surface area contributed by atoms with Crippen LogP contribution in [-0.2, 0) is 19.1 Å². The number of carbonyl (C=O) groups is 3. The van der Waals surface area contributed by atoms with Crippen molar-refractivity contribution < 1.29 is 33.7 Å². The van der Waals surface area contributed by atoms with Crippen LogP contribution in [0, 0.1) is 0 Å². The standard InChI is InChI=1S/C24H34Cl2N2O7/c1-14(9-20(30)31)27(19(29)13-33-5)12-16-10-15(11-28(16)23(32)35-24(2,3)4)21-18(34-6)8-7-17(25)22(21)26/h7-8,14-16H,9-13H2,1-6H3,(H,30,31)/t14-,15-,16-/m0/s1. The van der Waals surface area contributed by atoms with E-state index in [0.29, 0.717) is 27.8 Å². The van der Waals surface area contributed by atoms with Gasteiger partial charge < -0.3 is 29.1 Å². The highest BCUT2D eigenvalue weighted by Gasteiger charge is 2.42. The summed E-state index contributed by atoms with van der Waals surface area (Å²) in [6.07, 6.45) is -0.342. The molecule has 1 aliphatic heterocycles. The second kappa shape index (κ2) is 12.1. The largest absolute Gasteiger partial charge is 0.496 e. The van der Waals surface area contributed by atoms with Crippen LogP contribution in [0.5, 0.6) is 5.75 Å². The first-order chi connectivity index (χ1) is 16.3. The molecule has 0 spiro atoms. The van der Waals surface area contributed by atoms with Crippen LogP contribution in [0.2, 0.25) is 10.0 Å². The molecular weight excluding hydrogens is 499 g/mol. The van der Waals surface area contributed by atoms with Gasteiger partial charge in [-0.05, 0) is 46.2 Å². The molecule has 1 aromatic carbocycles. The lowest BCUT2D eigenvalue weighted by Crippen LogP contribution is -2.50. The third-order valence-corrected chi connectivity index (χ3v) is 6.58. The van der Waals surface area contributed by atoms with Gasteiger partial charge >= 0.3 is 12.1 Å². The van der Waals surface area contributed by atoms with Crippen molar-refractivity contribution >= 4 is 41.2 Å². The summed E-state index contributed by atoms with van der Waals surface area (Å²) in [5.41, 5.74) is -0.0566. The minimum atomic E-state index is -1.03. The second-order valence-electron chi connectivity index (χ2n) is 9.62. The Kier molecular flexibility index (Phi) is 10.1. The smallest absolute Gasteiger partial charge is 0.410 e. The van der Waals surface area contributed by atoms with E-state index in [2.05, 4.69) is 0 Å². The Morgan fingerprint density at radius 2 is 1.89 bits per heavy atom. The summed E-state index contributed by atoms with van der Waals surface area (Å²) in [5.74, 6) is -1.10. The maximum Gasteiger partial charge on any atom is 0.410 e. The highest BCUT2D eigenvalue weighted by atomic mass is 35.5. The zero-order valence-corrected chi connectivity index (χ0v) is 22.5. The predicted molar refractivity (Wildman–Crippen MR) is 132 cm³/mol. The molecule has 35 heavy (non-hydrogen) atoms. The molecule has 2 rings (SSSR count). The van der Waals surface area contributed by atoms with E-state index in [1.165, 1.54) is 19.1 Å². The summed E-state index contributed by atoms with van der Waals surface area (Å²) in [7, 11) is 2.92. The number of amides is 2. The molecular formula is C24H34Cl2N2O7. The van der Waals surface area contributed by atoms with Crippen molar-refractivity contribution in [2.75, 3.05) is 33.9 Å². The summed E-state index contributed by atoms with van der Waals surface area (Å²) >= 11 is 12.8. The van der Waals surface area contributed by atoms with Crippen LogP contribution in [0.3, 0.4) is 0 Å². The monoisotopic (exact) mass is 532 g/mol. The number of aliphatic carboxylic acids is 1. The Bertz CT molecular complexity index is 935. The van der Waals surface area contributed by atoms with E-state index in [0.717, 1.165) is 0 Å². The number of halogens is 2. The van der Waals surface area contributed by atoms with E-state index in [4.69, 9.17) is 37.4 Å². The number of nitrogens with zero attached hydrogens (tertiary/aromatic N) is 2. The lowest BCUT2D eigenvalue weighted by atomic mass is 9.95. The minimum absolute atomic E-state index is 0.104. The Labute approximate surface area is 216 Å². The number of hydrogen-bond donors (Lipinski definition) is 1. The SMILES string of the molecule is COCC(=O)N(C[C@@H]1C[C@H](c2c(OC)ccc(Cl)c2Cl)CN1C(=O)OC(C)(C)C)[C@@H](C)CC(=O)O. The van der Waals surface area contributed by atoms with Crippen molar-refractivity contribution in [3.05, 3.63) is 27.7 Å². The van der Waals surface area contributed by atoms with Gasteiger partial charge in [0.2, 0.25) is 5.91 Å². The predicted octanol–water partition coefficient (Wildman–Crippen LogP) is 4.43. The van der Waals surface area contributed by atoms with E-state index in [1.54, 1.807) is 44.7 Å². The summed E-state index contributed by atoms with van der Waals surface area (Å²) in [4.78, 5) is 40.3. The lowest BCUT2D eigenvalue weighted by Gasteiger charge is -2.34. The number of carboxylic acids is 1. The molecule has 0 aromatic heterocycles. The third kappa shape index (κ3) is 7.62. The Hall–Kier alpha value is -2.23. The van der Waals surface area contributed by atoms with E-state index in [-0.39, 0.29) is 37.9 Å². The lowest BCUT2D eigenvalue weighted by molar-refractivity contribution is -0.142. The van der Waals surface area contributed by atoms with Gasteiger partial charge in [0.15, 0.2) is 0 Å². The fourth-order valence-electron chi connectivity index (χ4n) is 4.27. The highest BCUT2D eigenvalue weighted by Crippen LogP contribution is 2.43. The molecule has 2 amide bonds. The molecule has 0 saturated carbocycles. The molecule has 1 heterocycles. The Morgan fingerprint density at radius 3 is 2.43 bits per heavy atom. The molecule has 1 fully saturated rings. The van der Waals surface area contributed by atoms with Gasteiger partial charge in [0.05, 0.1) is 29.6 Å². The van der Waals surface area contributed by atoms with Gasteiger partial charge in [-0.1, -0.05) is 23.2 Å². The fourth-order valence-corrected chi connectivity index (χ4v) is 4.75. The highest BCUT2D eigenvalue weighted by molar-refractivity contribution is 6.42. The zero-order valence-electron chi connectivity index (χ0n) is 21.0. The number of carboxylic acid groups (broad SMARTS) is 1. The molecule has 1 aliphatic rings. The van der Waals surface area contributed by atoms with Crippen molar-refractivity contribution in [2.45, 2.75) is 64.1 Å². The molecule has 196 valence electrons. The van der Waals surface area contributed by atoms with Crippen LogP contribution >= 0.6 is 23.2 Å². The number of benzene rings is 1. The van der Waals surface area contributed by atoms with Gasteiger partial charge in [-0.25, -0.2) is 4.79 Å². The average molecular weight is 533 g/mol. The van der Waals surface area contributed by atoms with Gasteiger partial charge in [-0.2, -0.15) is 0 Å². The van der Waals surface area contributed by atoms with Gasteiger partial charge in [0, 0.05) is 37.7 Å². The van der Waals surface area contributed by atoms with Crippen LogP contribution in [0.1, 0.15) is 52.0 Å². The molecule has 3 atom stereocenters. The van der Waals surface area contributed by atoms with Gasteiger partial charge in [-0.15, -0.1) is 0 Å². The molecule has 0 unspecified atom stereocenters. The number of rotatable bonds is 9. The van der Waals surface area contributed by atoms with Crippen molar-refractivity contribution in [3.8, 4) is 5.75 Å². The van der Waals surface area contributed by atoms with Crippen molar-refractivity contribution in [3.63, 3.8) is 0 Å². The number of hydrogen-bond acceptors (Lipinski definition) is 6. The first kappa shape index (κ1) is 29.0. The van der Waals surface area contributed by atoms with E-state index in [9.17, 15) is 19.5 Å². The third-order valence-electron chi connectivity index (χ3n) is 5.76. The normalized spacial score (nSPS) is 18.8. The molecule has 0 bridgehead atoms. The van der Waals surface area contributed by atoms with Crippen molar-refractivity contribution in [2.24, 2.45) is 0 Å². The molecule has 11 heteroatoms. The van der Waals surface area contributed by atoms with Crippen LogP contribution < -0.4 is 4.74 Å². The van der Waals surface area contributed by atoms with Crippen LogP contribution in [-0.4, -0.2) is 84.5 Å². The molecule has 9 nitrogen and oxygen atoms in total. The van der Waals surface area contributed by atoms with Crippen molar-refractivity contribution in [1.82, 2.24) is 9.80 Å². The van der Waals surface area contributed by atoms with Crippen LogP contribution in [0.4, 0.5) is 4.79 Å². The first-order valence-electron chi connectivity index (χ1n) is 11.3. The minimum Gasteiger partial charge on any atom is -0.496 e. The maximum absolute atomic E-state index is 13.2. The molecule has 0 aliphatic carbocycles. The number of likely N-dealkylation sites (tertiary alicyclic amines) is 1. The summed E-state index contributed by atoms with van der Waals surface area (Å²) in [6, 6.07) is 2.28.